The summed E-state index contributed by atoms with van der Waals surface area (Å²) in [6, 6.07) is 0. The second-order valence-corrected chi connectivity index (χ2v) is 3.82. The van der Waals surface area contributed by atoms with Gasteiger partial charge in [-0.05, 0) is 36.6 Å². The van der Waals surface area contributed by atoms with E-state index in [-0.39, 0.29) is 6.10 Å². The van der Waals surface area contributed by atoms with Crippen molar-refractivity contribution >= 4 is 22.6 Å². The summed E-state index contributed by atoms with van der Waals surface area (Å²) in [5.41, 5.74) is 0. The van der Waals surface area contributed by atoms with Crippen LogP contribution < -0.4 is 10.1 Å². The maximum atomic E-state index is 5.56. The van der Waals surface area contributed by atoms with Crippen molar-refractivity contribution in [2.75, 3.05) is 13.6 Å². The Balaban J connectivity index is 2.58. The molecule has 0 bridgehead atoms. The fourth-order valence-corrected chi connectivity index (χ4v) is 1.34. The molecule has 1 heterocycles. The van der Waals surface area contributed by atoms with Crippen LogP contribution in [-0.4, -0.2) is 29.7 Å². The van der Waals surface area contributed by atoms with Crippen molar-refractivity contribution in [3.63, 3.8) is 0 Å². The van der Waals surface area contributed by atoms with Gasteiger partial charge in [-0.3, -0.25) is 0 Å². The number of hydrogen-bond acceptors (Lipinski definition) is 4. The molecule has 0 fully saturated rings. The van der Waals surface area contributed by atoms with E-state index in [1.165, 1.54) is 6.33 Å². The zero-order chi connectivity index (χ0) is 9.68. The Kier molecular flexibility index (Phi) is 4.37. The Labute approximate surface area is 91.3 Å². The quantitative estimate of drug-likeness (QED) is 0.844. The van der Waals surface area contributed by atoms with Gasteiger partial charge in [0.2, 0.25) is 5.88 Å². The number of likely N-dealkylation sites (N-methyl/N-ethyl adjacent to an activating group) is 1. The predicted molar refractivity (Wildman–Crippen MR) is 58.8 cm³/mol. The van der Waals surface area contributed by atoms with Gasteiger partial charge in [-0.25, -0.2) is 9.97 Å². The molecule has 0 saturated carbocycles. The maximum Gasteiger partial charge on any atom is 0.230 e. The van der Waals surface area contributed by atoms with Crippen LogP contribution >= 0.6 is 22.6 Å². The van der Waals surface area contributed by atoms with Crippen LogP contribution in [-0.2, 0) is 0 Å². The molecule has 1 atom stereocenters. The molecule has 4 nitrogen and oxygen atoms in total. The summed E-state index contributed by atoms with van der Waals surface area (Å²) in [7, 11) is 1.89. The van der Waals surface area contributed by atoms with E-state index in [1.807, 2.05) is 14.0 Å². The molecule has 0 aliphatic carbocycles. The van der Waals surface area contributed by atoms with Gasteiger partial charge in [-0.1, -0.05) is 0 Å². The van der Waals surface area contributed by atoms with Gasteiger partial charge in [0.25, 0.3) is 0 Å². The third kappa shape index (κ3) is 3.43. The van der Waals surface area contributed by atoms with Gasteiger partial charge < -0.3 is 10.1 Å². The van der Waals surface area contributed by atoms with Crippen LogP contribution in [0, 0.1) is 3.57 Å². The number of ether oxygens (including phenoxy) is 1. The van der Waals surface area contributed by atoms with Crippen LogP contribution in [0.15, 0.2) is 12.5 Å². The molecule has 1 rings (SSSR count). The molecule has 0 aliphatic heterocycles. The minimum Gasteiger partial charge on any atom is -0.472 e. The molecule has 13 heavy (non-hydrogen) atoms. The van der Waals surface area contributed by atoms with Crippen LogP contribution in [0.3, 0.4) is 0 Å². The van der Waals surface area contributed by atoms with Crippen molar-refractivity contribution in [1.29, 1.82) is 0 Å². The van der Waals surface area contributed by atoms with Crippen LogP contribution in [0.25, 0.3) is 0 Å². The largest absolute Gasteiger partial charge is 0.472 e. The van der Waals surface area contributed by atoms with Gasteiger partial charge in [0, 0.05) is 12.7 Å². The van der Waals surface area contributed by atoms with E-state index in [1.54, 1.807) is 6.20 Å². The number of hydrogen-bond donors (Lipinski definition) is 1. The van der Waals surface area contributed by atoms with Crippen molar-refractivity contribution in [1.82, 2.24) is 15.3 Å². The summed E-state index contributed by atoms with van der Waals surface area (Å²) in [5.74, 6) is 0.651. The SMILES string of the molecule is CNCC(C)Oc1ncncc1I. The molecule has 1 N–H and O–H groups in total. The van der Waals surface area contributed by atoms with Crippen molar-refractivity contribution in [2.45, 2.75) is 13.0 Å². The van der Waals surface area contributed by atoms with Crippen molar-refractivity contribution in [3.05, 3.63) is 16.1 Å². The van der Waals surface area contributed by atoms with Crippen LogP contribution in [0.2, 0.25) is 0 Å². The summed E-state index contributed by atoms with van der Waals surface area (Å²) >= 11 is 2.15. The minimum absolute atomic E-state index is 0.119. The normalized spacial score (nSPS) is 12.5. The van der Waals surface area contributed by atoms with Crippen molar-refractivity contribution in [3.8, 4) is 5.88 Å². The number of nitrogens with zero attached hydrogens (tertiary/aromatic N) is 2. The van der Waals surface area contributed by atoms with Crippen molar-refractivity contribution < 1.29 is 4.74 Å². The molecule has 0 saturated heterocycles. The number of rotatable bonds is 4. The summed E-state index contributed by atoms with van der Waals surface area (Å²) < 4.78 is 6.50. The Morgan fingerprint density at radius 1 is 1.69 bits per heavy atom. The second kappa shape index (κ2) is 5.33. The van der Waals surface area contributed by atoms with E-state index < -0.39 is 0 Å². The third-order valence-electron chi connectivity index (χ3n) is 1.44. The Hall–Kier alpha value is -0.430. The fraction of sp³-hybridized carbons (Fsp3) is 0.500. The predicted octanol–water partition coefficient (Wildman–Crippen LogP) is 1.07. The third-order valence-corrected chi connectivity index (χ3v) is 2.18. The average Bonchev–Trinajstić information content (AvgIpc) is 2.09. The molecule has 1 aromatic heterocycles. The fourth-order valence-electron chi connectivity index (χ4n) is 0.908. The highest BCUT2D eigenvalue weighted by Gasteiger charge is 2.06. The molecule has 0 amide bonds. The van der Waals surface area contributed by atoms with E-state index in [4.69, 9.17) is 4.74 Å². The Morgan fingerprint density at radius 2 is 2.46 bits per heavy atom. The molecule has 0 aromatic carbocycles. The van der Waals surface area contributed by atoms with Gasteiger partial charge in [0.1, 0.15) is 12.4 Å². The lowest BCUT2D eigenvalue weighted by Gasteiger charge is -2.13. The molecular weight excluding hydrogens is 281 g/mol. The van der Waals surface area contributed by atoms with Gasteiger partial charge in [0.15, 0.2) is 0 Å². The molecule has 0 aliphatic rings. The summed E-state index contributed by atoms with van der Waals surface area (Å²) in [6.07, 6.45) is 3.34. The van der Waals surface area contributed by atoms with E-state index in [2.05, 4.69) is 37.9 Å². The molecule has 1 unspecified atom stereocenters. The molecule has 0 radical (unpaired) electrons. The topological polar surface area (TPSA) is 47.0 Å². The number of halogens is 1. The van der Waals surface area contributed by atoms with Crippen LogP contribution in [0.4, 0.5) is 0 Å². The van der Waals surface area contributed by atoms with E-state index >= 15 is 0 Å². The summed E-state index contributed by atoms with van der Waals surface area (Å²) in [4.78, 5) is 7.92. The second-order valence-electron chi connectivity index (χ2n) is 2.66. The Morgan fingerprint density at radius 3 is 3.08 bits per heavy atom. The standard InChI is InChI=1S/C8H12IN3O/c1-6(3-10-2)13-8-7(9)4-11-5-12-8/h4-6,10H,3H2,1-2H3. The summed E-state index contributed by atoms with van der Waals surface area (Å²) in [6.45, 7) is 2.80. The molecule has 1 aromatic rings. The van der Waals surface area contributed by atoms with Gasteiger partial charge >= 0.3 is 0 Å². The average molecular weight is 293 g/mol. The summed E-state index contributed by atoms with van der Waals surface area (Å²) in [5, 5.41) is 3.04. The van der Waals surface area contributed by atoms with Gasteiger partial charge in [-0.2, -0.15) is 0 Å². The zero-order valence-electron chi connectivity index (χ0n) is 7.62. The lowest BCUT2D eigenvalue weighted by atomic mass is 10.4. The minimum atomic E-state index is 0.119. The van der Waals surface area contributed by atoms with Crippen LogP contribution in [0.5, 0.6) is 5.88 Å². The number of nitrogens with one attached hydrogen (secondary N) is 1. The first-order valence-corrected chi connectivity index (χ1v) is 5.08. The first-order chi connectivity index (χ1) is 6.24. The first kappa shape index (κ1) is 10.6. The monoisotopic (exact) mass is 293 g/mol. The lowest BCUT2D eigenvalue weighted by molar-refractivity contribution is 0.209. The van der Waals surface area contributed by atoms with E-state index in [0.29, 0.717) is 5.88 Å². The molecule has 0 spiro atoms. The number of aromatic nitrogens is 2. The van der Waals surface area contributed by atoms with E-state index in [0.717, 1.165) is 10.1 Å². The highest BCUT2D eigenvalue weighted by molar-refractivity contribution is 14.1. The smallest absolute Gasteiger partial charge is 0.230 e. The van der Waals surface area contributed by atoms with E-state index in [9.17, 15) is 0 Å². The first-order valence-electron chi connectivity index (χ1n) is 4.00. The van der Waals surface area contributed by atoms with Gasteiger partial charge in [-0.15, -0.1) is 0 Å². The molecule has 5 heteroatoms. The van der Waals surface area contributed by atoms with Gasteiger partial charge in [0.05, 0.1) is 3.57 Å². The highest BCUT2D eigenvalue weighted by atomic mass is 127. The maximum absolute atomic E-state index is 5.56. The highest BCUT2D eigenvalue weighted by Crippen LogP contribution is 2.16. The van der Waals surface area contributed by atoms with Crippen LogP contribution in [0.1, 0.15) is 6.92 Å². The Bertz CT molecular complexity index is 269. The lowest BCUT2D eigenvalue weighted by Crippen LogP contribution is -2.26. The molecular formula is C8H12IN3O. The zero-order valence-corrected chi connectivity index (χ0v) is 9.78. The van der Waals surface area contributed by atoms with Crippen molar-refractivity contribution in [2.24, 2.45) is 0 Å². The molecule has 72 valence electrons.